The van der Waals surface area contributed by atoms with Crippen molar-refractivity contribution in [2.24, 2.45) is 0 Å². The van der Waals surface area contributed by atoms with E-state index in [1.54, 1.807) is 26.4 Å². The van der Waals surface area contributed by atoms with E-state index in [1.807, 2.05) is 109 Å². The van der Waals surface area contributed by atoms with Crippen LogP contribution in [0.15, 0.2) is 109 Å². The fourth-order valence-corrected chi connectivity index (χ4v) is 4.41. The van der Waals surface area contributed by atoms with Crippen molar-refractivity contribution in [2.45, 2.75) is 0 Å². The minimum atomic E-state index is -0.0555. The van der Waals surface area contributed by atoms with Gasteiger partial charge in [0.05, 0.1) is 36.6 Å². The Hall–Kier alpha value is -5.10. The van der Waals surface area contributed by atoms with E-state index in [0.717, 1.165) is 44.8 Å². The third-order valence-corrected chi connectivity index (χ3v) is 6.55. The van der Waals surface area contributed by atoms with Crippen molar-refractivity contribution in [3.63, 3.8) is 0 Å². The molecule has 0 saturated carbocycles. The zero-order chi connectivity index (χ0) is 29.3. The Labute approximate surface area is 261 Å². The molecule has 0 fully saturated rings. The quantitative estimate of drug-likeness (QED) is 0.188. The van der Waals surface area contributed by atoms with Gasteiger partial charge in [-0.1, -0.05) is 96.4 Å². The first-order valence-corrected chi connectivity index (χ1v) is 13.3. The minimum absolute atomic E-state index is 0. The molecular weight excluding hydrogens is 588 g/mol. The second-order valence-corrected chi connectivity index (χ2v) is 9.28. The number of benzene rings is 4. The van der Waals surface area contributed by atoms with Gasteiger partial charge in [-0.2, -0.15) is 0 Å². The SMILES string of the molecule is COc1ccccc1/C=C/c1ccc2cccc([O-])c2n1.COc1ccccc1/C=C/c1ccc2cccc([O-])c2n1.[Cu+2]. The van der Waals surface area contributed by atoms with E-state index in [0.29, 0.717) is 11.0 Å². The predicted octanol–water partition coefficient (Wildman–Crippen LogP) is 6.97. The second kappa shape index (κ2) is 14.7. The van der Waals surface area contributed by atoms with E-state index in [2.05, 4.69) is 9.97 Å². The number of methoxy groups -OCH3 is 2. The topological polar surface area (TPSA) is 90.4 Å². The van der Waals surface area contributed by atoms with Crippen LogP contribution in [-0.4, -0.2) is 24.2 Å². The zero-order valence-electron chi connectivity index (χ0n) is 23.5. The van der Waals surface area contributed by atoms with Crippen LogP contribution in [0.3, 0.4) is 0 Å². The summed E-state index contributed by atoms with van der Waals surface area (Å²) < 4.78 is 10.6. The van der Waals surface area contributed by atoms with Crippen molar-refractivity contribution in [3.8, 4) is 23.0 Å². The number of ether oxygens (including phenoxy) is 2. The number of hydrogen-bond donors (Lipinski definition) is 0. The summed E-state index contributed by atoms with van der Waals surface area (Å²) in [5, 5.41) is 25.3. The van der Waals surface area contributed by atoms with Crippen LogP contribution in [0, 0.1) is 0 Å². The molecule has 6 rings (SSSR count). The van der Waals surface area contributed by atoms with Gasteiger partial charge < -0.3 is 19.7 Å². The molecule has 0 aliphatic carbocycles. The van der Waals surface area contributed by atoms with E-state index in [4.69, 9.17) is 9.47 Å². The Kier molecular flexibility index (Phi) is 10.5. The van der Waals surface area contributed by atoms with Gasteiger partial charge >= 0.3 is 17.1 Å². The Morgan fingerprint density at radius 1 is 0.488 bits per heavy atom. The number of rotatable bonds is 6. The number of fused-ring (bicyclic) bond motifs is 2. The maximum absolute atomic E-state index is 11.8. The Bertz CT molecular complexity index is 1760. The largest absolute Gasteiger partial charge is 2.00 e. The van der Waals surface area contributed by atoms with E-state index >= 15 is 0 Å². The van der Waals surface area contributed by atoms with Crippen molar-refractivity contribution in [2.75, 3.05) is 14.2 Å². The molecule has 0 aliphatic heterocycles. The molecule has 0 saturated heterocycles. The summed E-state index contributed by atoms with van der Waals surface area (Å²) in [5.74, 6) is 1.50. The normalized spacial score (nSPS) is 10.8. The van der Waals surface area contributed by atoms with Crippen LogP contribution in [0.4, 0.5) is 0 Å². The number of para-hydroxylation sites is 4. The molecule has 217 valence electrons. The summed E-state index contributed by atoms with van der Waals surface area (Å²) in [7, 11) is 3.29. The molecule has 0 amide bonds. The summed E-state index contributed by atoms with van der Waals surface area (Å²) in [6.07, 6.45) is 7.62. The van der Waals surface area contributed by atoms with Crippen LogP contribution in [0.5, 0.6) is 23.0 Å². The van der Waals surface area contributed by atoms with Crippen molar-refractivity contribution < 1.29 is 36.8 Å². The minimum Gasteiger partial charge on any atom is -0.871 e. The van der Waals surface area contributed by atoms with E-state index in [1.165, 1.54) is 12.1 Å². The molecule has 4 aromatic carbocycles. The molecule has 0 N–H and O–H groups in total. The molecule has 6 aromatic rings. The monoisotopic (exact) mass is 615 g/mol. The van der Waals surface area contributed by atoms with Crippen LogP contribution in [-0.2, 0) is 17.1 Å². The molecule has 2 aromatic heterocycles. The van der Waals surface area contributed by atoms with Crippen LogP contribution >= 0.6 is 0 Å². The summed E-state index contributed by atoms with van der Waals surface area (Å²) in [6, 6.07) is 33.4. The number of nitrogens with zero attached hydrogens (tertiary/aromatic N) is 2. The molecule has 0 bridgehead atoms. The zero-order valence-corrected chi connectivity index (χ0v) is 24.5. The fourth-order valence-electron chi connectivity index (χ4n) is 4.41. The van der Waals surface area contributed by atoms with Gasteiger partial charge in [-0.25, -0.2) is 9.97 Å². The summed E-state index contributed by atoms with van der Waals surface area (Å²) in [6.45, 7) is 0. The average Bonchev–Trinajstić information content (AvgIpc) is 3.04. The molecule has 2 heterocycles. The molecule has 0 unspecified atom stereocenters. The third-order valence-electron chi connectivity index (χ3n) is 6.55. The number of pyridine rings is 2. The third kappa shape index (κ3) is 7.60. The van der Waals surface area contributed by atoms with Gasteiger partial charge in [-0.05, 0) is 59.3 Å². The van der Waals surface area contributed by atoms with Crippen molar-refractivity contribution in [1.82, 2.24) is 9.97 Å². The van der Waals surface area contributed by atoms with Crippen molar-refractivity contribution in [1.29, 1.82) is 0 Å². The first-order chi connectivity index (χ1) is 20.6. The van der Waals surface area contributed by atoms with Gasteiger partial charge in [0.1, 0.15) is 11.5 Å². The van der Waals surface area contributed by atoms with Gasteiger partial charge in [-0.15, -0.1) is 0 Å². The fraction of sp³-hybridized carbons (Fsp3) is 0.0556. The summed E-state index contributed by atoms with van der Waals surface area (Å²) in [5.41, 5.74) is 4.43. The van der Waals surface area contributed by atoms with Gasteiger partial charge in [0.25, 0.3) is 0 Å². The maximum atomic E-state index is 11.8. The number of hydrogen-bond acceptors (Lipinski definition) is 6. The average molecular weight is 616 g/mol. The molecule has 0 spiro atoms. The molecule has 6 nitrogen and oxygen atoms in total. The number of aromatic nitrogens is 2. The van der Waals surface area contributed by atoms with Crippen LogP contribution in [0.2, 0.25) is 0 Å². The first kappa shape index (κ1) is 30.8. The standard InChI is InChI=1S/2C18H15NO2.Cu/c2*1-21-17-8-3-2-5-13(17)9-11-15-12-10-14-6-4-7-16(20)18(14)19-15;/h2*2-12,20H,1H3;/q;;+2/p-2/b2*11-9+;. The van der Waals surface area contributed by atoms with Crippen LogP contribution < -0.4 is 19.7 Å². The molecule has 43 heavy (non-hydrogen) atoms. The molecule has 0 atom stereocenters. The molecular formula is C36H28CuN2O4. The second-order valence-electron chi connectivity index (χ2n) is 9.28. The smallest absolute Gasteiger partial charge is 0.871 e. The van der Waals surface area contributed by atoms with Crippen molar-refractivity contribution >= 4 is 46.1 Å². The van der Waals surface area contributed by atoms with Crippen LogP contribution in [0.25, 0.3) is 46.1 Å². The maximum Gasteiger partial charge on any atom is 2.00 e. The predicted molar refractivity (Wildman–Crippen MR) is 166 cm³/mol. The van der Waals surface area contributed by atoms with Gasteiger partial charge in [-0.3, -0.25) is 0 Å². The Morgan fingerprint density at radius 2 is 0.907 bits per heavy atom. The Balaban J connectivity index is 0.000000192. The molecule has 1 radical (unpaired) electrons. The van der Waals surface area contributed by atoms with Gasteiger partial charge in [0.2, 0.25) is 0 Å². The van der Waals surface area contributed by atoms with Gasteiger partial charge in [0.15, 0.2) is 0 Å². The summed E-state index contributed by atoms with van der Waals surface area (Å²) in [4.78, 5) is 8.81. The molecule has 0 aliphatic rings. The summed E-state index contributed by atoms with van der Waals surface area (Å²) >= 11 is 0. The van der Waals surface area contributed by atoms with Gasteiger partial charge in [0, 0.05) is 11.1 Å². The van der Waals surface area contributed by atoms with Crippen molar-refractivity contribution in [3.05, 3.63) is 132 Å². The van der Waals surface area contributed by atoms with Crippen LogP contribution in [0.1, 0.15) is 22.5 Å². The van der Waals surface area contributed by atoms with E-state index < -0.39 is 0 Å². The van der Waals surface area contributed by atoms with E-state index in [-0.39, 0.29) is 28.6 Å². The van der Waals surface area contributed by atoms with E-state index in [9.17, 15) is 10.2 Å². The molecule has 7 heteroatoms. The first-order valence-electron chi connectivity index (χ1n) is 13.3. The Morgan fingerprint density at radius 3 is 1.33 bits per heavy atom.